The largest absolute Gasteiger partial charge is 0.467 e. The molecule has 1 amide bonds. The van der Waals surface area contributed by atoms with Crippen LogP contribution < -0.4 is 5.73 Å². The number of ether oxygens (including phenoxy) is 2. The average molecular weight is 499 g/mol. The SMILES string of the molecule is COC(=O)[C@@]1([C@H](N)c2ccccc2)C[C@@H](O[Si](C)(C)C(C)(C)C)CN1C(=O)OCc1ccccc1. The number of carbonyl (C=O) groups is 2. The Morgan fingerprint density at radius 3 is 2.20 bits per heavy atom. The fraction of sp³-hybridized carbons (Fsp3) is 0.481. The Morgan fingerprint density at radius 1 is 1.09 bits per heavy atom. The number of amides is 1. The average Bonchev–Trinajstić information content (AvgIpc) is 3.21. The molecule has 2 aromatic rings. The fourth-order valence-corrected chi connectivity index (χ4v) is 5.67. The van der Waals surface area contributed by atoms with E-state index >= 15 is 0 Å². The van der Waals surface area contributed by atoms with Crippen LogP contribution in [-0.4, -0.2) is 50.6 Å². The van der Waals surface area contributed by atoms with E-state index in [1.165, 1.54) is 12.0 Å². The Bertz CT molecular complexity index is 1010. The Balaban J connectivity index is 1.99. The molecule has 2 aromatic carbocycles. The summed E-state index contributed by atoms with van der Waals surface area (Å²) in [6.45, 7) is 11.0. The van der Waals surface area contributed by atoms with Crippen LogP contribution in [0.4, 0.5) is 4.79 Å². The first kappa shape index (κ1) is 26.9. The Morgan fingerprint density at radius 2 is 1.66 bits per heavy atom. The molecule has 8 heteroatoms. The number of methoxy groups -OCH3 is 1. The number of rotatable bonds is 7. The third-order valence-electron chi connectivity index (χ3n) is 7.31. The second-order valence-corrected chi connectivity index (χ2v) is 15.4. The molecule has 0 aliphatic carbocycles. The molecule has 1 aliphatic rings. The number of nitrogens with two attached hydrogens (primary N) is 1. The van der Waals surface area contributed by atoms with Gasteiger partial charge >= 0.3 is 12.1 Å². The molecule has 0 aromatic heterocycles. The summed E-state index contributed by atoms with van der Waals surface area (Å²) >= 11 is 0. The van der Waals surface area contributed by atoms with Crippen LogP contribution >= 0.6 is 0 Å². The molecule has 1 fully saturated rings. The fourth-order valence-electron chi connectivity index (χ4n) is 4.32. The van der Waals surface area contributed by atoms with Gasteiger partial charge in [-0.25, -0.2) is 9.59 Å². The highest BCUT2D eigenvalue weighted by Crippen LogP contribution is 2.45. The molecule has 7 nitrogen and oxygen atoms in total. The van der Waals surface area contributed by atoms with Gasteiger partial charge in [0.05, 0.1) is 25.8 Å². The van der Waals surface area contributed by atoms with Gasteiger partial charge in [0.25, 0.3) is 0 Å². The summed E-state index contributed by atoms with van der Waals surface area (Å²) in [5, 5.41) is -0.0380. The highest BCUT2D eigenvalue weighted by molar-refractivity contribution is 6.74. The van der Waals surface area contributed by atoms with E-state index in [9.17, 15) is 9.59 Å². The number of hydrogen-bond acceptors (Lipinski definition) is 6. The van der Waals surface area contributed by atoms with Crippen LogP contribution in [0.2, 0.25) is 18.1 Å². The first-order valence-corrected chi connectivity index (χ1v) is 14.9. The smallest absolute Gasteiger partial charge is 0.411 e. The summed E-state index contributed by atoms with van der Waals surface area (Å²) in [4.78, 5) is 28.4. The highest BCUT2D eigenvalue weighted by Gasteiger charge is 2.60. The lowest BCUT2D eigenvalue weighted by Gasteiger charge is -2.39. The highest BCUT2D eigenvalue weighted by atomic mass is 28.4. The van der Waals surface area contributed by atoms with E-state index in [1.807, 2.05) is 60.7 Å². The quantitative estimate of drug-likeness (QED) is 0.425. The van der Waals surface area contributed by atoms with Gasteiger partial charge in [0.15, 0.2) is 13.9 Å². The number of benzene rings is 2. The van der Waals surface area contributed by atoms with E-state index in [0.717, 1.165) is 11.1 Å². The molecule has 0 radical (unpaired) electrons. The van der Waals surface area contributed by atoms with Gasteiger partial charge in [-0.2, -0.15) is 0 Å². The third-order valence-corrected chi connectivity index (χ3v) is 11.8. The summed E-state index contributed by atoms with van der Waals surface area (Å²) in [6.07, 6.45) is -0.774. The standard InChI is InChI=1S/C27H38N2O5Si/c1-26(2,3)35(5,6)34-22-17-27(24(30)32-4,23(28)21-15-11-8-12-16-21)29(18-22)25(31)33-19-20-13-9-7-10-14-20/h7-16,22-23H,17-19,28H2,1-6H3/t22-,23-,27+/m1/s1. The summed E-state index contributed by atoms with van der Waals surface area (Å²) < 4.78 is 17.6. The van der Waals surface area contributed by atoms with Crippen molar-refractivity contribution in [2.24, 2.45) is 5.73 Å². The van der Waals surface area contributed by atoms with Gasteiger partial charge in [-0.05, 0) is 29.3 Å². The third kappa shape index (κ3) is 5.60. The number of nitrogens with zero attached hydrogens (tertiary/aromatic N) is 1. The maximum Gasteiger partial charge on any atom is 0.411 e. The van der Waals surface area contributed by atoms with Crippen LogP contribution in [0.1, 0.15) is 44.4 Å². The first-order chi connectivity index (χ1) is 16.4. The zero-order valence-electron chi connectivity index (χ0n) is 21.6. The molecule has 3 atom stereocenters. The monoisotopic (exact) mass is 498 g/mol. The minimum absolute atomic E-state index is 0.0380. The molecule has 3 rings (SSSR count). The molecule has 0 spiro atoms. The van der Waals surface area contributed by atoms with Crippen LogP contribution in [-0.2, 0) is 25.3 Å². The molecule has 1 saturated heterocycles. The number of likely N-dealkylation sites (tertiary alicyclic amines) is 1. The van der Waals surface area contributed by atoms with Crippen LogP contribution in [0, 0.1) is 0 Å². The normalized spacial score (nSPS) is 21.5. The van der Waals surface area contributed by atoms with Crippen LogP contribution in [0.25, 0.3) is 0 Å². The first-order valence-electron chi connectivity index (χ1n) is 12.0. The van der Waals surface area contributed by atoms with Crippen molar-refractivity contribution in [2.75, 3.05) is 13.7 Å². The second kappa shape index (κ2) is 10.5. The number of hydrogen-bond donors (Lipinski definition) is 1. The summed E-state index contributed by atoms with van der Waals surface area (Å²) in [5.41, 5.74) is 6.88. The Hall–Kier alpha value is -2.68. The van der Waals surface area contributed by atoms with Gasteiger partial charge in [0.1, 0.15) is 6.61 Å². The van der Waals surface area contributed by atoms with E-state index in [0.29, 0.717) is 0 Å². The summed E-state index contributed by atoms with van der Waals surface area (Å²) in [7, 11) is -0.882. The Kier molecular flexibility index (Phi) is 8.09. The van der Waals surface area contributed by atoms with E-state index in [2.05, 4.69) is 33.9 Å². The lowest BCUT2D eigenvalue weighted by atomic mass is 9.83. The topological polar surface area (TPSA) is 91.1 Å². The molecule has 1 heterocycles. The van der Waals surface area contributed by atoms with Crippen LogP contribution in [0.15, 0.2) is 60.7 Å². The lowest BCUT2D eigenvalue weighted by Crippen LogP contribution is -2.59. The zero-order chi connectivity index (χ0) is 25.9. The number of carbonyl (C=O) groups excluding carboxylic acids is 2. The maximum atomic E-state index is 13.5. The van der Waals surface area contributed by atoms with Gasteiger partial charge < -0.3 is 19.6 Å². The van der Waals surface area contributed by atoms with E-state index < -0.39 is 32.0 Å². The minimum Gasteiger partial charge on any atom is -0.467 e. The molecule has 35 heavy (non-hydrogen) atoms. The van der Waals surface area contributed by atoms with Crippen molar-refractivity contribution in [3.8, 4) is 0 Å². The van der Waals surface area contributed by atoms with Crippen molar-refractivity contribution in [1.29, 1.82) is 0 Å². The van der Waals surface area contributed by atoms with Crippen LogP contribution in [0.3, 0.4) is 0 Å². The maximum absolute atomic E-state index is 13.5. The molecule has 0 bridgehead atoms. The van der Waals surface area contributed by atoms with Crippen molar-refractivity contribution in [2.45, 2.75) is 69.6 Å². The van der Waals surface area contributed by atoms with Crippen molar-refractivity contribution in [3.05, 3.63) is 71.8 Å². The lowest BCUT2D eigenvalue weighted by molar-refractivity contribution is -0.154. The van der Waals surface area contributed by atoms with E-state index in [-0.39, 0.29) is 30.7 Å². The van der Waals surface area contributed by atoms with Gasteiger partial charge in [-0.1, -0.05) is 81.4 Å². The van der Waals surface area contributed by atoms with Gasteiger partial charge in [-0.15, -0.1) is 0 Å². The summed E-state index contributed by atoms with van der Waals surface area (Å²) in [5.74, 6) is -0.577. The van der Waals surface area contributed by atoms with Crippen molar-refractivity contribution in [1.82, 2.24) is 4.90 Å². The predicted octanol–water partition coefficient (Wildman–Crippen LogP) is 5.03. The summed E-state index contributed by atoms with van der Waals surface area (Å²) in [6, 6.07) is 17.9. The van der Waals surface area contributed by atoms with Gasteiger partial charge in [0, 0.05) is 6.42 Å². The molecule has 0 saturated carbocycles. The second-order valence-electron chi connectivity index (χ2n) is 10.7. The van der Waals surface area contributed by atoms with Gasteiger partial charge in [-0.3, -0.25) is 4.90 Å². The molecule has 1 aliphatic heterocycles. The number of esters is 1. The van der Waals surface area contributed by atoms with Crippen LogP contribution in [0.5, 0.6) is 0 Å². The molecule has 0 unspecified atom stereocenters. The van der Waals surface area contributed by atoms with Gasteiger partial charge in [0.2, 0.25) is 0 Å². The predicted molar refractivity (Wildman–Crippen MR) is 138 cm³/mol. The molecule has 190 valence electrons. The zero-order valence-corrected chi connectivity index (χ0v) is 22.6. The van der Waals surface area contributed by atoms with Crippen molar-refractivity contribution < 1.29 is 23.5 Å². The minimum atomic E-state index is -2.20. The molecular formula is C27H38N2O5Si. The van der Waals surface area contributed by atoms with Crippen molar-refractivity contribution >= 4 is 20.4 Å². The van der Waals surface area contributed by atoms with Crippen molar-refractivity contribution in [3.63, 3.8) is 0 Å². The molecular weight excluding hydrogens is 460 g/mol. The van der Waals surface area contributed by atoms with E-state index in [4.69, 9.17) is 19.6 Å². The Labute approximate surface area is 209 Å². The van der Waals surface area contributed by atoms with E-state index in [1.54, 1.807) is 0 Å². The molecule has 2 N–H and O–H groups in total.